The number of benzene rings is 2. The first-order valence-corrected chi connectivity index (χ1v) is 10.2. The fourth-order valence-electron chi connectivity index (χ4n) is 2.49. The molecule has 0 saturated heterocycles. The Kier molecular flexibility index (Phi) is 6.89. The van der Waals surface area contributed by atoms with Gasteiger partial charge < -0.3 is 15.4 Å². The summed E-state index contributed by atoms with van der Waals surface area (Å²) in [5, 5.41) is 6.71. The lowest BCUT2D eigenvalue weighted by molar-refractivity contribution is -0.139. The van der Waals surface area contributed by atoms with Crippen LogP contribution in [0.1, 0.15) is 6.42 Å². The Morgan fingerprint density at radius 2 is 2.04 bits per heavy atom. The highest BCUT2D eigenvalue weighted by Crippen LogP contribution is 2.31. The number of methoxy groups -OCH3 is 1. The zero-order chi connectivity index (χ0) is 19.9. The van der Waals surface area contributed by atoms with Crippen LogP contribution < -0.4 is 10.6 Å². The molecule has 0 bridgehead atoms. The van der Waals surface area contributed by atoms with Gasteiger partial charge >= 0.3 is 5.97 Å². The van der Waals surface area contributed by atoms with Crippen LogP contribution in [0.2, 0.25) is 0 Å². The molecule has 0 aromatic heterocycles. The molecule has 0 atom stereocenters. The van der Waals surface area contributed by atoms with Crippen molar-refractivity contribution in [1.29, 1.82) is 0 Å². The fourth-order valence-corrected chi connectivity index (χ4v) is 3.62. The summed E-state index contributed by atoms with van der Waals surface area (Å²) in [4.78, 5) is 28.6. The van der Waals surface area contributed by atoms with Crippen LogP contribution in [0.3, 0.4) is 0 Å². The Labute approximate surface area is 175 Å². The predicted molar refractivity (Wildman–Crippen MR) is 117 cm³/mol. The summed E-state index contributed by atoms with van der Waals surface area (Å²) in [5.41, 5.74) is 2.92. The van der Waals surface area contributed by atoms with E-state index in [9.17, 15) is 9.59 Å². The molecular formula is C20H18BrN3O3S. The number of ether oxygens (including phenoxy) is 1. The average Bonchev–Trinajstić information content (AvgIpc) is 2.84. The molecule has 0 saturated carbocycles. The number of hydrogen-bond donors (Lipinski definition) is 2. The molecule has 0 spiro atoms. The molecule has 1 aliphatic heterocycles. The van der Waals surface area contributed by atoms with Crippen molar-refractivity contribution in [3.8, 4) is 0 Å². The van der Waals surface area contributed by atoms with Crippen molar-refractivity contribution in [2.45, 2.75) is 6.42 Å². The lowest BCUT2D eigenvalue weighted by atomic mass is 10.2. The molecule has 0 aliphatic carbocycles. The van der Waals surface area contributed by atoms with Crippen LogP contribution in [-0.2, 0) is 14.3 Å². The minimum atomic E-state index is -0.352. The van der Waals surface area contributed by atoms with Crippen LogP contribution in [0, 0.1) is 0 Å². The smallest absolute Gasteiger partial charge is 0.311 e. The first-order chi connectivity index (χ1) is 13.5. The largest absolute Gasteiger partial charge is 0.469 e. The molecule has 2 aromatic rings. The first-order valence-electron chi connectivity index (χ1n) is 8.44. The van der Waals surface area contributed by atoms with E-state index in [1.54, 1.807) is 6.08 Å². The van der Waals surface area contributed by atoms with E-state index in [1.165, 1.54) is 18.9 Å². The van der Waals surface area contributed by atoms with Crippen LogP contribution in [0.25, 0.3) is 0 Å². The van der Waals surface area contributed by atoms with Crippen LogP contribution in [0.5, 0.6) is 0 Å². The Hall–Kier alpha value is -2.58. The molecule has 0 radical (unpaired) electrons. The van der Waals surface area contributed by atoms with E-state index in [2.05, 4.69) is 31.6 Å². The molecule has 0 unspecified atom stereocenters. The van der Waals surface area contributed by atoms with Crippen LogP contribution in [0.4, 0.5) is 17.1 Å². The maximum absolute atomic E-state index is 12.3. The van der Waals surface area contributed by atoms with Crippen molar-refractivity contribution in [2.75, 3.05) is 23.5 Å². The van der Waals surface area contributed by atoms with Crippen LogP contribution >= 0.6 is 27.7 Å². The van der Waals surface area contributed by atoms with Gasteiger partial charge in [0.1, 0.15) is 0 Å². The average molecular weight is 460 g/mol. The third-order valence-corrected chi connectivity index (χ3v) is 5.15. The molecule has 8 heteroatoms. The van der Waals surface area contributed by atoms with Gasteiger partial charge in [0.15, 0.2) is 0 Å². The SMILES string of the molecule is COC(=O)CC1=CC(SCC(=O)Nc2cccc(Br)c2)=Nc2ccccc2N1. The number of thioether (sulfide) groups is 1. The van der Waals surface area contributed by atoms with Gasteiger partial charge in [0, 0.05) is 15.9 Å². The molecule has 3 rings (SSSR count). The highest BCUT2D eigenvalue weighted by atomic mass is 79.9. The molecule has 28 heavy (non-hydrogen) atoms. The number of rotatable bonds is 5. The number of nitrogens with zero attached hydrogens (tertiary/aromatic N) is 1. The number of esters is 1. The van der Waals surface area contributed by atoms with Gasteiger partial charge in [0.25, 0.3) is 0 Å². The van der Waals surface area contributed by atoms with Crippen LogP contribution in [0.15, 0.2) is 69.8 Å². The summed E-state index contributed by atoms with van der Waals surface area (Å²) in [7, 11) is 1.35. The maximum Gasteiger partial charge on any atom is 0.311 e. The summed E-state index contributed by atoms with van der Waals surface area (Å²) < 4.78 is 5.65. The van der Waals surface area contributed by atoms with E-state index in [0.29, 0.717) is 10.7 Å². The van der Waals surface area contributed by atoms with E-state index in [-0.39, 0.29) is 24.1 Å². The number of halogens is 1. The van der Waals surface area contributed by atoms with Gasteiger partial charge in [-0.3, -0.25) is 9.59 Å². The first kappa shape index (κ1) is 20.2. The number of para-hydroxylation sites is 2. The van der Waals surface area contributed by atoms with Crippen molar-refractivity contribution in [3.63, 3.8) is 0 Å². The van der Waals surface area contributed by atoms with Crippen molar-refractivity contribution in [1.82, 2.24) is 0 Å². The summed E-state index contributed by atoms with van der Waals surface area (Å²) in [6, 6.07) is 14.9. The lowest BCUT2D eigenvalue weighted by Crippen LogP contribution is -2.15. The molecule has 2 N–H and O–H groups in total. The number of hydrogen-bond acceptors (Lipinski definition) is 6. The number of aliphatic imine (C=N–C) groups is 1. The second kappa shape index (κ2) is 9.57. The second-order valence-electron chi connectivity index (χ2n) is 5.86. The number of fused-ring (bicyclic) bond motifs is 1. The maximum atomic E-state index is 12.3. The minimum absolute atomic E-state index is 0.0919. The van der Waals surface area contributed by atoms with Gasteiger partial charge in [-0.25, -0.2) is 4.99 Å². The molecule has 144 valence electrons. The zero-order valence-electron chi connectivity index (χ0n) is 15.1. The zero-order valence-corrected chi connectivity index (χ0v) is 17.5. The topological polar surface area (TPSA) is 79.8 Å². The van der Waals surface area contributed by atoms with Gasteiger partial charge in [-0.05, 0) is 36.4 Å². The highest BCUT2D eigenvalue weighted by Gasteiger charge is 2.15. The van der Waals surface area contributed by atoms with E-state index in [1.807, 2.05) is 48.5 Å². The Bertz CT molecular complexity index is 959. The number of nitrogens with one attached hydrogen (secondary N) is 2. The number of anilines is 2. The summed E-state index contributed by atoms with van der Waals surface area (Å²) in [5.74, 6) is -0.302. The highest BCUT2D eigenvalue weighted by molar-refractivity contribution is 9.10. The summed E-state index contributed by atoms with van der Waals surface area (Å²) in [6.45, 7) is 0. The normalized spacial score (nSPS) is 12.6. The standard InChI is InChI=1S/C20H18BrN3O3S/c1-27-20(26)11-15-10-19(24-17-8-3-2-7-16(17)22-15)28-12-18(25)23-14-6-4-5-13(21)9-14/h2-10,22H,11-12H2,1H3,(H,23,25). The van der Waals surface area contributed by atoms with E-state index in [0.717, 1.165) is 21.5 Å². The second-order valence-corrected chi connectivity index (χ2v) is 7.77. The fraction of sp³-hybridized carbons (Fsp3) is 0.150. The molecule has 1 amide bonds. The Balaban J connectivity index is 1.72. The third-order valence-electron chi connectivity index (χ3n) is 3.75. The summed E-state index contributed by atoms with van der Waals surface area (Å²) >= 11 is 4.68. The quantitative estimate of drug-likeness (QED) is 0.632. The Morgan fingerprint density at radius 3 is 2.82 bits per heavy atom. The van der Waals surface area contributed by atoms with Crippen molar-refractivity contribution in [2.24, 2.45) is 4.99 Å². The monoisotopic (exact) mass is 459 g/mol. The number of carbonyl (C=O) groups is 2. The van der Waals surface area contributed by atoms with Gasteiger partial charge in [-0.15, -0.1) is 0 Å². The molecule has 6 nitrogen and oxygen atoms in total. The number of carbonyl (C=O) groups excluding carboxylic acids is 2. The summed E-state index contributed by atoms with van der Waals surface area (Å²) in [6.07, 6.45) is 1.86. The minimum Gasteiger partial charge on any atom is -0.469 e. The lowest BCUT2D eigenvalue weighted by Gasteiger charge is -2.09. The van der Waals surface area contributed by atoms with Gasteiger partial charge in [-0.2, -0.15) is 0 Å². The molecular weight excluding hydrogens is 442 g/mol. The third kappa shape index (κ3) is 5.71. The van der Waals surface area contributed by atoms with Crippen molar-refractivity contribution >= 4 is 61.7 Å². The predicted octanol–water partition coefficient (Wildman–Crippen LogP) is 4.72. The van der Waals surface area contributed by atoms with E-state index in [4.69, 9.17) is 4.74 Å². The molecule has 0 fully saturated rings. The van der Waals surface area contributed by atoms with E-state index >= 15 is 0 Å². The van der Waals surface area contributed by atoms with Gasteiger partial charge in [-0.1, -0.05) is 45.9 Å². The molecule has 2 aromatic carbocycles. The van der Waals surface area contributed by atoms with Gasteiger partial charge in [0.05, 0.1) is 35.7 Å². The Morgan fingerprint density at radius 1 is 1.21 bits per heavy atom. The van der Waals surface area contributed by atoms with Crippen LogP contribution in [-0.4, -0.2) is 29.8 Å². The van der Waals surface area contributed by atoms with Gasteiger partial charge in [0.2, 0.25) is 5.91 Å². The van der Waals surface area contributed by atoms with Crippen molar-refractivity contribution in [3.05, 3.63) is 64.8 Å². The molecule has 1 aliphatic rings. The molecule has 1 heterocycles. The van der Waals surface area contributed by atoms with E-state index < -0.39 is 0 Å². The van der Waals surface area contributed by atoms with Crippen molar-refractivity contribution < 1.29 is 14.3 Å². The number of amides is 1.